The van der Waals surface area contributed by atoms with E-state index in [2.05, 4.69) is 19.2 Å². The SMILES string of the molecule is Cc1cc(OCC(=O)c2ccc3c(c2)N(CC(=O)NC[C@@H]2CCCO2)C(=O)CO3)ccc1C(C)C. The first kappa shape index (κ1) is 24.7. The molecule has 0 bridgehead atoms. The number of ketones is 1. The summed E-state index contributed by atoms with van der Waals surface area (Å²) in [6.45, 7) is 6.95. The molecule has 2 aliphatic rings. The molecule has 8 nitrogen and oxygen atoms in total. The number of ether oxygens (including phenoxy) is 3. The average molecular weight is 481 g/mol. The van der Waals surface area contributed by atoms with Crippen molar-refractivity contribution in [2.75, 3.05) is 37.8 Å². The Hall–Kier alpha value is -3.39. The first-order valence-electron chi connectivity index (χ1n) is 12.0. The Balaban J connectivity index is 1.41. The molecule has 2 aliphatic heterocycles. The van der Waals surface area contributed by atoms with E-state index in [1.54, 1.807) is 18.2 Å². The molecule has 0 aromatic heterocycles. The first-order valence-corrected chi connectivity index (χ1v) is 12.0. The molecule has 2 amide bonds. The first-order chi connectivity index (χ1) is 16.8. The molecule has 0 unspecified atom stereocenters. The summed E-state index contributed by atoms with van der Waals surface area (Å²) in [5, 5.41) is 2.83. The number of amides is 2. The van der Waals surface area contributed by atoms with Crippen LogP contribution in [0, 0.1) is 6.92 Å². The summed E-state index contributed by atoms with van der Waals surface area (Å²) in [5.41, 5.74) is 3.13. The van der Waals surface area contributed by atoms with Gasteiger partial charge in [-0.25, -0.2) is 0 Å². The van der Waals surface area contributed by atoms with Crippen LogP contribution in [0.4, 0.5) is 5.69 Å². The van der Waals surface area contributed by atoms with Crippen LogP contribution in [0.25, 0.3) is 0 Å². The van der Waals surface area contributed by atoms with Crippen LogP contribution < -0.4 is 19.7 Å². The van der Waals surface area contributed by atoms with Gasteiger partial charge < -0.3 is 19.5 Å². The summed E-state index contributed by atoms with van der Waals surface area (Å²) in [4.78, 5) is 39.3. The number of benzene rings is 2. The highest BCUT2D eigenvalue weighted by molar-refractivity contribution is 6.04. The minimum absolute atomic E-state index is 0.0150. The molecule has 0 aliphatic carbocycles. The number of Topliss-reactive ketones (excluding diaryl/α,β-unsaturated/α-hetero) is 1. The summed E-state index contributed by atoms with van der Waals surface area (Å²) >= 11 is 0. The highest BCUT2D eigenvalue weighted by atomic mass is 16.5. The summed E-state index contributed by atoms with van der Waals surface area (Å²) in [5.74, 6) is 0.620. The number of carbonyl (C=O) groups excluding carboxylic acids is 3. The average Bonchev–Trinajstić information content (AvgIpc) is 3.36. The van der Waals surface area contributed by atoms with Crippen molar-refractivity contribution in [2.24, 2.45) is 0 Å². The van der Waals surface area contributed by atoms with Crippen LogP contribution in [0.1, 0.15) is 54.1 Å². The van der Waals surface area contributed by atoms with Gasteiger partial charge in [-0.15, -0.1) is 0 Å². The standard InChI is InChI=1S/C27H32N2O6/c1-17(2)22-8-7-20(11-18(22)3)34-15-24(30)19-6-9-25-23(12-19)29(27(32)16-35-25)14-26(31)28-13-21-5-4-10-33-21/h6-9,11-12,17,21H,4-5,10,13-16H2,1-3H3,(H,28,31)/t21-/m0/s1. The van der Waals surface area contributed by atoms with Gasteiger partial charge in [-0.2, -0.15) is 0 Å². The number of carbonyl (C=O) groups is 3. The Bertz CT molecular complexity index is 1110. The fraction of sp³-hybridized carbons (Fsp3) is 0.444. The molecule has 35 heavy (non-hydrogen) atoms. The number of hydrogen-bond acceptors (Lipinski definition) is 6. The number of anilines is 1. The molecule has 2 heterocycles. The fourth-order valence-corrected chi connectivity index (χ4v) is 4.40. The molecule has 0 spiro atoms. The van der Waals surface area contributed by atoms with Crippen LogP contribution in [0.2, 0.25) is 0 Å². The zero-order chi connectivity index (χ0) is 24.9. The summed E-state index contributed by atoms with van der Waals surface area (Å²) in [6.07, 6.45) is 1.91. The molecular weight excluding hydrogens is 448 g/mol. The number of rotatable bonds is 9. The van der Waals surface area contributed by atoms with E-state index in [1.165, 1.54) is 10.5 Å². The largest absolute Gasteiger partial charge is 0.485 e. The lowest BCUT2D eigenvalue weighted by molar-refractivity contribution is -0.125. The van der Waals surface area contributed by atoms with E-state index in [-0.39, 0.29) is 43.5 Å². The molecule has 0 radical (unpaired) electrons. The van der Waals surface area contributed by atoms with Crippen molar-refractivity contribution >= 4 is 23.3 Å². The number of aryl methyl sites for hydroxylation is 1. The van der Waals surface area contributed by atoms with Crippen LogP contribution in [-0.2, 0) is 14.3 Å². The third-order valence-corrected chi connectivity index (χ3v) is 6.31. The highest BCUT2D eigenvalue weighted by Crippen LogP contribution is 2.33. The van der Waals surface area contributed by atoms with Crippen LogP contribution >= 0.6 is 0 Å². The van der Waals surface area contributed by atoms with Gasteiger partial charge in [-0.3, -0.25) is 19.3 Å². The van der Waals surface area contributed by atoms with Crippen LogP contribution in [0.15, 0.2) is 36.4 Å². The molecule has 1 atom stereocenters. The zero-order valence-corrected chi connectivity index (χ0v) is 20.5. The number of nitrogens with zero attached hydrogens (tertiary/aromatic N) is 1. The third kappa shape index (κ3) is 6.00. The Labute approximate surface area is 205 Å². The van der Waals surface area contributed by atoms with Gasteiger partial charge in [0.2, 0.25) is 5.91 Å². The molecule has 2 aromatic rings. The maximum atomic E-state index is 12.9. The molecule has 0 saturated carbocycles. The Morgan fingerprint density at radius 1 is 1.20 bits per heavy atom. The smallest absolute Gasteiger partial charge is 0.265 e. The van der Waals surface area contributed by atoms with Crippen LogP contribution in [0.3, 0.4) is 0 Å². The summed E-state index contributed by atoms with van der Waals surface area (Å²) < 4.78 is 16.8. The van der Waals surface area contributed by atoms with Crippen molar-refractivity contribution in [1.82, 2.24) is 5.32 Å². The molecule has 8 heteroatoms. The second-order valence-electron chi connectivity index (χ2n) is 9.28. The predicted octanol–water partition coefficient (Wildman–Crippen LogP) is 3.40. The van der Waals surface area contributed by atoms with Crippen LogP contribution in [0.5, 0.6) is 11.5 Å². The maximum absolute atomic E-state index is 12.9. The van der Waals surface area contributed by atoms with Gasteiger partial charge in [0.15, 0.2) is 19.0 Å². The topological polar surface area (TPSA) is 94.2 Å². The van der Waals surface area contributed by atoms with Gasteiger partial charge >= 0.3 is 0 Å². The lowest BCUT2D eigenvalue weighted by atomic mass is 9.98. The summed E-state index contributed by atoms with van der Waals surface area (Å²) in [7, 11) is 0. The minimum Gasteiger partial charge on any atom is -0.485 e. The van der Waals surface area contributed by atoms with Gasteiger partial charge in [-0.1, -0.05) is 19.9 Å². The van der Waals surface area contributed by atoms with E-state index in [4.69, 9.17) is 14.2 Å². The number of nitrogens with one attached hydrogen (secondary N) is 1. The number of hydrogen-bond donors (Lipinski definition) is 1. The molecular formula is C27H32N2O6. The van der Waals surface area contributed by atoms with Crippen molar-refractivity contribution in [3.8, 4) is 11.5 Å². The lowest BCUT2D eigenvalue weighted by Crippen LogP contribution is -2.46. The van der Waals surface area contributed by atoms with Crippen molar-refractivity contribution in [3.05, 3.63) is 53.1 Å². The van der Waals surface area contributed by atoms with Gasteiger partial charge in [0.1, 0.15) is 18.0 Å². The van der Waals surface area contributed by atoms with E-state index in [9.17, 15) is 14.4 Å². The normalized spacial score (nSPS) is 17.2. The number of fused-ring (bicyclic) bond motifs is 1. The molecule has 1 N–H and O–H groups in total. The van der Waals surface area contributed by atoms with Gasteiger partial charge in [0, 0.05) is 18.7 Å². The Morgan fingerprint density at radius 3 is 2.74 bits per heavy atom. The van der Waals surface area contributed by atoms with Crippen molar-refractivity contribution in [2.45, 2.75) is 45.6 Å². The molecule has 1 fully saturated rings. The fourth-order valence-electron chi connectivity index (χ4n) is 4.40. The Morgan fingerprint density at radius 2 is 2.03 bits per heavy atom. The molecule has 4 rings (SSSR count). The van der Waals surface area contributed by atoms with Gasteiger partial charge in [-0.05, 0) is 67.1 Å². The predicted molar refractivity (Wildman–Crippen MR) is 131 cm³/mol. The van der Waals surface area contributed by atoms with E-state index >= 15 is 0 Å². The zero-order valence-electron chi connectivity index (χ0n) is 20.5. The molecule has 2 aromatic carbocycles. The second-order valence-corrected chi connectivity index (χ2v) is 9.28. The van der Waals surface area contributed by atoms with Crippen molar-refractivity contribution in [3.63, 3.8) is 0 Å². The van der Waals surface area contributed by atoms with Gasteiger partial charge in [0.05, 0.1) is 11.8 Å². The maximum Gasteiger partial charge on any atom is 0.265 e. The lowest BCUT2D eigenvalue weighted by Gasteiger charge is -2.29. The van der Waals surface area contributed by atoms with Gasteiger partial charge in [0.25, 0.3) is 5.91 Å². The Kier molecular flexibility index (Phi) is 7.70. The molecule has 1 saturated heterocycles. The van der Waals surface area contributed by atoms with Crippen molar-refractivity contribution in [1.29, 1.82) is 0 Å². The van der Waals surface area contributed by atoms with E-state index in [0.29, 0.717) is 41.8 Å². The second kappa shape index (κ2) is 10.9. The quantitative estimate of drug-likeness (QED) is 0.553. The van der Waals surface area contributed by atoms with E-state index in [0.717, 1.165) is 18.4 Å². The minimum atomic E-state index is -0.341. The molecule has 186 valence electrons. The van der Waals surface area contributed by atoms with Crippen molar-refractivity contribution < 1.29 is 28.6 Å². The third-order valence-electron chi connectivity index (χ3n) is 6.31. The van der Waals surface area contributed by atoms with E-state index < -0.39 is 0 Å². The monoisotopic (exact) mass is 480 g/mol. The highest BCUT2D eigenvalue weighted by Gasteiger charge is 2.29. The van der Waals surface area contributed by atoms with Crippen LogP contribution in [-0.4, -0.2) is 56.6 Å². The summed E-state index contributed by atoms with van der Waals surface area (Å²) in [6, 6.07) is 10.7. The van der Waals surface area contributed by atoms with E-state index in [1.807, 2.05) is 25.1 Å².